The summed E-state index contributed by atoms with van der Waals surface area (Å²) in [6, 6.07) is 5.15. The third-order valence-electron chi connectivity index (χ3n) is 5.56. The Morgan fingerprint density at radius 3 is 2.67 bits per heavy atom. The second-order valence-corrected chi connectivity index (χ2v) is 7.75. The molecule has 1 fully saturated rings. The molecule has 3 aromatic rings. The lowest BCUT2D eigenvalue weighted by Crippen LogP contribution is -2.20. The summed E-state index contributed by atoms with van der Waals surface area (Å²) in [6.45, 7) is 3.75. The van der Waals surface area contributed by atoms with E-state index in [-0.39, 0.29) is 17.8 Å². The van der Waals surface area contributed by atoms with Gasteiger partial charge >= 0.3 is 0 Å². The molecule has 3 atom stereocenters. The predicted molar refractivity (Wildman–Crippen MR) is 112 cm³/mol. The monoisotopic (exact) mass is 410 g/mol. The van der Waals surface area contributed by atoms with Crippen molar-refractivity contribution in [3.63, 3.8) is 0 Å². The van der Waals surface area contributed by atoms with Gasteiger partial charge in [0, 0.05) is 42.0 Å². The quantitative estimate of drug-likeness (QED) is 0.674. The summed E-state index contributed by atoms with van der Waals surface area (Å²) in [6.07, 6.45) is 2.25. The summed E-state index contributed by atoms with van der Waals surface area (Å²) in [5.41, 5.74) is 2.96. The molecule has 8 heteroatoms. The molecule has 1 aliphatic rings. The van der Waals surface area contributed by atoms with Gasteiger partial charge < -0.3 is 15.0 Å². The maximum Gasteiger partial charge on any atom is 0.258 e. The summed E-state index contributed by atoms with van der Waals surface area (Å²) < 4.78 is 14.6. The molecule has 1 saturated carbocycles. The van der Waals surface area contributed by atoms with Crippen LogP contribution in [0.1, 0.15) is 37.1 Å². The number of halogens is 1. The first-order valence-corrected chi connectivity index (χ1v) is 9.89. The average Bonchev–Trinajstić information content (AvgIpc) is 3.47. The van der Waals surface area contributed by atoms with Gasteiger partial charge in [0.15, 0.2) is 0 Å². The van der Waals surface area contributed by atoms with Gasteiger partial charge in [0.2, 0.25) is 5.91 Å². The van der Waals surface area contributed by atoms with Crippen LogP contribution in [0.2, 0.25) is 0 Å². The molecule has 3 heterocycles. The minimum Gasteiger partial charge on any atom is -0.387 e. The Bertz CT molecular complexity index is 1210. The zero-order chi connectivity index (χ0) is 21.6. The van der Waals surface area contributed by atoms with Gasteiger partial charge in [-0.05, 0) is 37.5 Å². The van der Waals surface area contributed by atoms with Crippen LogP contribution in [0.5, 0.6) is 0 Å². The Morgan fingerprint density at radius 1 is 1.30 bits per heavy atom. The highest BCUT2D eigenvalue weighted by atomic mass is 19.1. The van der Waals surface area contributed by atoms with Crippen LogP contribution >= 0.6 is 0 Å². The molecule has 2 N–H and O–H groups in total. The number of hydrogen-bond acceptors (Lipinski definition) is 5. The van der Waals surface area contributed by atoms with Crippen LogP contribution in [-0.2, 0) is 11.8 Å². The van der Waals surface area contributed by atoms with Gasteiger partial charge in [-0.2, -0.15) is 0 Å². The number of anilines is 1. The number of carbonyl (C=O) groups excluding carboxylic acids is 1. The molecule has 1 amide bonds. The van der Waals surface area contributed by atoms with Crippen LogP contribution in [0.15, 0.2) is 35.4 Å². The molecule has 0 aromatic carbocycles. The van der Waals surface area contributed by atoms with E-state index < -0.39 is 24.1 Å². The fourth-order valence-corrected chi connectivity index (χ4v) is 3.53. The Hall–Kier alpha value is -3.13. The molecule has 4 rings (SSSR count). The summed E-state index contributed by atoms with van der Waals surface area (Å²) in [5, 5.41) is 13.3. The van der Waals surface area contributed by atoms with E-state index in [4.69, 9.17) is 0 Å². The number of nitrogens with one attached hydrogen (secondary N) is 1. The van der Waals surface area contributed by atoms with Crippen LogP contribution in [0.25, 0.3) is 22.0 Å². The maximum absolute atomic E-state index is 13.1. The summed E-state index contributed by atoms with van der Waals surface area (Å²) in [7, 11) is 1.65. The minimum atomic E-state index is -1.08. The Balaban J connectivity index is 1.72. The van der Waals surface area contributed by atoms with Crippen LogP contribution < -0.4 is 10.9 Å². The molecule has 0 unspecified atom stereocenters. The topological polar surface area (TPSA) is 97.1 Å². The first-order chi connectivity index (χ1) is 14.3. The second-order valence-electron chi connectivity index (χ2n) is 7.75. The molecule has 0 bridgehead atoms. The number of carbonyl (C=O) groups is 1. The van der Waals surface area contributed by atoms with Crippen molar-refractivity contribution < 1.29 is 14.3 Å². The second kappa shape index (κ2) is 7.60. The van der Waals surface area contributed by atoms with E-state index in [2.05, 4.69) is 15.3 Å². The van der Waals surface area contributed by atoms with Crippen LogP contribution in [0.3, 0.4) is 0 Å². The fraction of sp³-hybridized carbons (Fsp3) is 0.364. The van der Waals surface area contributed by atoms with Crippen molar-refractivity contribution in [2.24, 2.45) is 13.0 Å². The minimum absolute atomic E-state index is 0.217. The number of aromatic nitrogens is 3. The molecule has 0 spiro atoms. The third-order valence-corrected chi connectivity index (χ3v) is 5.56. The lowest BCUT2D eigenvalue weighted by Gasteiger charge is -2.14. The number of amides is 1. The smallest absolute Gasteiger partial charge is 0.258 e. The molecule has 156 valence electrons. The van der Waals surface area contributed by atoms with Gasteiger partial charge in [-0.3, -0.25) is 14.6 Å². The van der Waals surface area contributed by atoms with Crippen molar-refractivity contribution in [1.82, 2.24) is 14.5 Å². The van der Waals surface area contributed by atoms with E-state index in [1.54, 1.807) is 37.6 Å². The molecular weight excluding hydrogens is 387 g/mol. The summed E-state index contributed by atoms with van der Waals surface area (Å²) >= 11 is 0. The molecule has 0 aliphatic heterocycles. The van der Waals surface area contributed by atoms with Crippen molar-refractivity contribution in [3.8, 4) is 11.1 Å². The van der Waals surface area contributed by atoms with Gasteiger partial charge in [-0.15, -0.1) is 0 Å². The van der Waals surface area contributed by atoms with Gasteiger partial charge in [-0.1, -0.05) is 6.92 Å². The van der Waals surface area contributed by atoms with Crippen molar-refractivity contribution in [2.75, 3.05) is 5.32 Å². The highest BCUT2D eigenvalue weighted by molar-refractivity contribution is 5.95. The number of aliphatic hydroxyl groups is 1. The van der Waals surface area contributed by atoms with Gasteiger partial charge in [0.25, 0.3) is 5.56 Å². The average molecular weight is 410 g/mol. The fourth-order valence-electron chi connectivity index (χ4n) is 3.53. The van der Waals surface area contributed by atoms with Crippen LogP contribution in [-0.4, -0.2) is 31.7 Å². The standard InChI is InChI=1S/C22H23FN4O3/c1-4-19(28)17-5-11(2)15(10-24-17)13-6-12-9-25-20(8-18(12)27(3)22(13)30)26-21(29)14-7-16(14)23/h5-6,8-10,14,16,19,28H,4,7H2,1-3H3,(H,25,26,29)/t14-,16+,19+/m1/s1. The van der Waals surface area contributed by atoms with Gasteiger partial charge in [0.05, 0.1) is 23.2 Å². The zero-order valence-corrected chi connectivity index (χ0v) is 17.0. The molecule has 30 heavy (non-hydrogen) atoms. The molecule has 7 nitrogen and oxygen atoms in total. The van der Waals surface area contributed by atoms with E-state index in [0.29, 0.717) is 28.8 Å². The Labute approximate surface area is 172 Å². The zero-order valence-electron chi connectivity index (χ0n) is 17.0. The van der Waals surface area contributed by atoms with Crippen molar-refractivity contribution in [2.45, 2.75) is 39.0 Å². The van der Waals surface area contributed by atoms with Gasteiger partial charge in [-0.25, -0.2) is 9.37 Å². The highest BCUT2D eigenvalue weighted by Gasteiger charge is 2.43. The maximum atomic E-state index is 13.1. The number of aryl methyl sites for hydroxylation is 2. The highest BCUT2D eigenvalue weighted by Crippen LogP contribution is 2.34. The number of alkyl halides is 1. The molecule has 0 radical (unpaired) electrons. The number of pyridine rings is 3. The van der Waals surface area contributed by atoms with E-state index in [0.717, 1.165) is 10.9 Å². The van der Waals surface area contributed by atoms with Gasteiger partial charge in [0.1, 0.15) is 12.0 Å². The van der Waals surface area contributed by atoms with E-state index in [1.807, 2.05) is 13.8 Å². The first-order valence-electron chi connectivity index (χ1n) is 9.89. The first kappa shape index (κ1) is 20.2. The Morgan fingerprint density at radius 2 is 2.03 bits per heavy atom. The van der Waals surface area contributed by atoms with E-state index in [1.165, 1.54) is 4.57 Å². The summed E-state index contributed by atoms with van der Waals surface area (Å²) in [4.78, 5) is 33.6. The number of hydrogen-bond donors (Lipinski definition) is 2. The third kappa shape index (κ3) is 3.59. The number of fused-ring (bicyclic) bond motifs is 1. The summed E-state index contributed by atoms with van der Waals surface area (Å²) in [5.74, 6) is -0.726. The van der Waals surface area contributed by atoms with Crippen molar-refractivity contribution in [3.05, 3.63) is 52.2 Å². The van der Waals surface area contributed by atoms with E-state index in [9.17, 15) is 19.1 Å². The Kier molecular flexibility index (Phi) is 5.11. The predicted octanol–water partition coefficient (Wildman–Crippen LogP) is 3.04. The normalized spacial score (nSPS) is 19.0. The van der Waals surface area contributed by atoms with E-state index >= 15 is 0 Å². The van der Waals surface area contributed by atoms with Crippen molar-refractivity contribution >= 4 is 22.6 Å². The van der Waals surface area contributed by atoms with Crippen LogP contribution in [0.4, 0.5) is 10.2 Å². The number of rotatable bonds is 5. The van der Waals surface area contributed by atoms with Crippen LogP contribution in [0, 0.1) is 12.8 Å². The molecule has 1 aliphatic carbocycles. The largest absolute Gasteiger partial charge is 0.387 e. The lowest BCUT2D eigenvalue weighted by molar-refractivity contribution is -0.117. The number of nitrogens with zero attached hydrogens (tertiary/aromatic N) is 3. The lowest BCUT2D eigenvalue weighted by atomic mass is 10.0. The van der Waals surface area contributed by atoms with Crippen molar-refractivity contribution in [1.29, 1.82) is 0 Å². The molecule has 3 aromatic heterocycles. The SMILES string of the molecule is CC[C@H](O)c1cc(C)c(-c2cc3cnc(NC(=O)[C@@H]4C[C@@H]4F)cc3n(C)c2=O)cn1. The molecule has 0 saturated heterocycles. The molecular formula is C22H23FN4O3. The number of aliphatic hydroxyl groups excluding tert-OH is 1.